The molecule has 2 aromatic rings. The Kier molecular flexibility index (Phi) is 6.64. The van der Waals surface area contributed by atoms with Gasteiger partial charge in [-0.15, -0.1) is 0 Å². The number of amides is 2. The molecule has 0 radical (unpaired) electrons. The highest BCUT2D eigenvalue weighted by Gasteiger charge is 2.24. The summed E-state index contributed by atoms with van der Waals surface area (Å²) in [5, 5.41) is 3.21. The minimum Gasteiger partial charge on any atom is -0.372 e. The summed E-state index contributed by atoms with van der Waals surface area (Å²) in [6.45, 7) is 9.88. The Morgan fingerprint density at radius 3 is 2.10 bits per heavy atom. The Morgan fingerprint density at radius 2 is 1.59 bits per heavy atom. The van der Waals surface area contributed by atoms with Crippen LogP contribution in [0.2, 0.25) is 0 Å². The van der Waals surface area contributed by atoms with E-state index in [9.17, 15) is 9.59 Å². The molecule has 154 valence electrons. The van der Waals surface area contributed by atoms with Crippen LogP contribution in [0.25, 0.3) is 0 Å². The van der Waals surface area contributed by atoms with Gasteiger partial charge >= 0.3 is 0 Å². The van der Waals surface area contributed by atoms with Crippen molar-refractivity contribution in [2.45, 2.75) is 20.8 Å². The van der Waals surface area contributed by atoms with Gasteiger partial charge in [0.25, 0.3) is 5.91 Å². The Bertz CT molecular complexity index is 825. The minimum absolute atomic E-state index is 0.0393. The predicted molar refractivity (Wildman–Crippen MR) is 113 cm³/mol. The van der Waals surface area contributed by atoms with E-state index in [0.717, 1.165) is 18.8 Å². The van der Waals surface area contributed by atoms with Crippen molar-refractivity contribution in [2.24, 2.45) is 0 Å². The van der Waals surface area contributed by atoms with E-state index in [0.29, 0.717) is 37.7 Å². The van der Waals surface area contributed by atoms with Crippen LogP contribution in [0.1, 0.15) is 31.3 Å². The molecule has 1 N–H and O–H groups in total. The molecule has 1 saturated heterocycles. The van der Waals surface area contributed by atoms with E-state index in [4.69, 9.17) is 0 Å². The molecule has 1 aromatic carbocycles. The van der Waals surface area contributed by atoms with Gasteiger partial charge in [0, 0.05) is 57.6 Å². The van der Waals surface area contributed by atoms with E-state index in [1.807, 2.05) is 12.1 Å². The van der Waals surface area contributed by atoms with Gasteiger partial charge in [0.05, 0.1) is 12.4 Å². The monoisotopic (exact) mass is 396 g/mol. The van der Waals surface area contributed by atoms with Crippen molar-refractivity contribution in [1.29, 1.82) is 0 Å². The molecule has 1 aromatic heterocycles. The molecule has 1 aliphatic rings. The number of aromatic nitrogens is 2. The van der Waals surface area contributed by atoms with E-state index in [1.165, 1.54) is 11.9 Å². The number of carbonyl (C=O) groups excluding carboxylic acids is 2. The van der Waals surface area contributed by atoms with Crippen LogP contribution in [0.3, 0.4) is 0 Å². The molecule has 8 nitrogen and oxygen atoms in total. The largest absolute Gasteiger partial charge is 0.372 e. The Balaban J connectivity index is 1.59. The Hall–Kier alpha value is -3.16. The normalized spacial score (nSPS) is 13.9. The molecular weight excluding hydrogens is 368 g/mol. The first-order valence-electron chi connectivity index (χ1n) is 10.0. The maximum Gasteiger partial charge on any atom is 0.274 e. The second-order valence-corrected chi connectivity index (χ2v) is 6.93. The van der Waals surface area contributed by atoms with E-state index in [2.05, 4.69) is 46.2 Å². The number of nitrogens with one attached hydrogen (secondary N) is 1. The van der Waals surface area contributed by atoms with Gasteiger partial charge in [0.1, 0.15) is 11.5 Å². The third kappa shape index (κ3) is 5.01. The number of carbonyl (C=O) groups is 2. The van der Waals surface area contributed by atoms with Crippen molar-refractivity contribution in [3.8, 4) is 0 Å². The zero-order valence-electron chi connectivity index (χ0n) is 17.3. The molecule has 0 bridgehead atoms. The van der Waals surface area contributed by atoms with Gasteiger partial charge in [0.2, 0.25) is 5.91 Å². The van der Waals surface area contributed by atoms with Crippen LogP contribution < -0.4 is 10.2 Å². The van der Waals surface area contributed by atoms with Gasteiger partial charge in [-0.05, 0) is 38.1 Å². The maximum absolute atomic E-state index is 12.6. The fraction of sp³-hybridized carbons (Fsp3) is 0.429. The maximum atomic E-state index is 12.6. The number of nitrogens with zero attached hydrogens (tertiary/aromatic N) is 5. The smallest absolute Gasteiger partial charge is 0.274 e. The molecule has 0 atom stereocenters. The standard InChI is InChI=1S/C21H28N6O2/c1-4-25(5-2)18-8-6-17(7-9-18)24-20-15-22-19(14-23-20)21(29)27-12-10-26(11-13-27)16(3)28/h6-9,14-15H,4-5,10-13H2,1-3H3,(H,23,24). The molecular formula is C21H28N6O2. The second kappa shape index (κ2) is 9.36. The van der Waals surface area contributed by atoms with Crippen molar-refractivity contribution in [1.82, 2.24) is 19.8 Å². The summed E-state index contributed by atoms with van der Waals surface area (Å²) >= 11 is 0. The van der Waals surface area contributed by atoms with Crippen LogP contribution in [0.4, 0.5) is 17.2 Å². The van der Waals surface area contributed by atoms with Crippen LogP contribution in [0, 0.1) is 0 Å². The summed E-state index contributed by atoms with van der Waals surface area (Å²) in [6, 6.07) is 8.15. The Labute approximate surface area is 171 Å². The van der Waals surface area contributed by atoms with Crippen molar-refractivity contribution >= 4 is 29.0 Å². The summed E-state index contributed by atoms with van der Waals surface area (Å²) in [4.78, 5) is 38.3. The van der Waals surface area contributed by atoms with Crippen LogP contribution in [-0.4, -0.2) is 70.9 Å². The summed E-state index contributed by atoms with van der Waals surface area (Å²) in [6.07, 6.45) is 3.06. The zero-order valence-corrected chi connectivity index (χ0v) is 17.3. The molecule has 1 fully saturated rings. The minimum atomic E-state index is -0.157. The number of benzene rings is 1. The first kappa shape index (κ1) is 20.6. The number of hydrogen-bond donors (Lipinski definition) is 1. The van der Waals surface area contributed by atoms with E-state index in [-0.39, 0.29) is 11.8 Å². The first-order chi connectivity index (χ1) is 14.0. The molecule has 3 rings (SSSR count). The summed E-state index contributed by atoms with van der Waals surface area (Å²) in [5.74, 6) is 0.465. The van der Waals surface area contributed by atoms with Gasteiger partial charge < -0.3 is 20.0 Å². The summed E-state index contributed by atoms with van der Waals surface area (Å²) in [5.41, 5.74) is 2.40. The molecule has 8 heteroatoms. The fourth-order valence-electron chi connectivity index (χ4n) is 3.38. The molecule has 0 spiro atoms. The van der Waals surface area contributed by atoms with E-state index >= 15 is 0 Å². The van der Waals surface area contributed by atoms with Crippen LogP contribution in [-0.2, 0) is 4.79 Å². The zero-order chi connectivity index (χ0) is 20.8. The summed E-state index contributed by atoms with van der Waals surface area (Å²) in [7, 11) is 0. The van der Waals surface area contributed by atoms with Gasteiger partial charge in [-0.3, -0.25) is 9.59 Å². The average Bonchev–Trinajstić information content (AvgIpc) is 2.76. The lowest BCUT2D eigenvalue weighted by atomic mass is 10.2. The quantitative estimate of drug-likeness (QED) is 0.807. The molecule has 1 aliphatic heterocycles. The van der Waals surface area contributed by atoms with Gasteiger partial charge in [-0.2, -0.15) is 0 Å². The van der Waals surface area contributed by atoms with Crippen molar-refractivity contribution in [3.63, 3.8) is 0 Å². The number of hydrogen-bond acceptors (Lipinski definition) is 6. The van der Waals surface area contributed by atoms with E-state index < -0.39 is 0 Å². The molecule has 0 aliphatic carbocycles. The predicted octanol–water partition coefficient (Wildman–Crippen LogP) is 2.37. The molecule has 0 saturated carbocycles. The average molecular weight is 396 g/mol. The van der Waals surface area contributed by atoms with Crippen molar-refractivity contribution in [3.05, 3.63) is 42.4 Å². The highest BCUT2D eigenvalue weighted by atomic mass is 16.2. The van der Waals surface area contributed by atoms with Crippen LogP contribution in [0.5, 0.6) is 0 Å². The van der Waals surface area contributed by atoms with Crippen molar-refractivity contribution in [2.75, 3.05) is 49.5 Å². The van der Waals surface area contributed by atoms with Crippen LogP contribution in [0.15, 0.2) is 36.7 Å². The fourth-order valence-corrected chi connectivity index (χ4v) is 3.38. The highest BCUT2D eigenvalue weighted by molar-refractivity contribution is 5.92. The van der Waals surface area contributed by atoms with Gasteiger partial charge in [0.15, 0.2) is 0 Å². The molecule has 29 heavy (non-hydrogen) atoms. The second-order valence-electron chi connectivity index (χ2n) is 6.93. The lowest BCUT2D eigenvalue weighted by Gasteiger charge is -2.33. The highest BCUT2D eigenvalue weighted by Crippen LogP contribution is 2.20. The lowest BCUT2D eigenvalue weighted by Crippen LogP contribution is -2.50. The number of piperazine rings is 1. The molecule has 2 amide bonds. The molecule has 0 unspecified atom stereocenters. The third-order valence-corrected chi connectivity index (χ3v) is 5.15. The summed E-state index contributed by atoms with van der Waals surface area (Å²) < 4.78 is 0. The Morgan fingerprint density at radius 1 is 0.966 bits per heavy atom. The number of anilines is 3. The topological polar surface area (TPSA) is 81.7 Å². The lowest BCUT2D eigenvalue weighted by molar-refractivity contribution is -0.130. The van der Waals surface area contributed by atoms with E-state index in [1.54, 1.807) is 22.9 Å². The van der Waals surface area contributed by atoms with Crippen LogP contribution >= 0.6 is 0 Å². The van der Waals surface area contributed by atoms with Gasteiger partial charge in [-0.1, -0.05) is 0 Å². The molecule has 2 heterocycles. The van der Waals surface area contributed by atoms with Gasteiger partial charge in [-0.25, -0.2) is 9.97 Å². The first-order valence-corrected chi connectivity index (χ1v) is 10.0. The third-order valence-electron chi connectivity index (χ3n) is 5.15. The number of rotatable bonds is 6. The van der Waals surface area contributed by atoms with Crippen molar-refractivity contribution < 1.29 is 9.59 Å². The SMILES string of the molecule is CCN(CC)c1ccc(Nc2cnc(C(=O)N3CCN(C(C)=O)CC3)cn2)cc1.